The molecule has 2 atom stereocenters. The van der Waals surface area contributed by atoms with E-state index in [-0.39, 0.29) is 22.9 Å². The normalized spacial score (nSPS) is 31.7. The number of carbonyl (C=O) groups is 1. The maximum Gasteiger partial charge on any atom is 0.262 e. The Hall–Kier alpha value is -1.41. The summed E-state index contributed by atoms with van der Waals surface area (Å²) in [6.07, 6.45) is 3.55. The van der Waals surface area contributed by atoms with Gasteiger partial charge in [0.1, 0.15) is 0 Å². The first-order valence-corrected chi connectivity index (χ1v) is 8.32. The number of aromatic nitrogens is 2. The summed E-state index contributed by atoms with van der Waals surface area (Å²) in [5, 5.41) is 0.0173. The van der Waals surface area contributed by atoms with Gasteiger partial charge in [-0.2, -0.15) is 4.31 Å². The van der Waals surface area contributed by atoms with Gasteiger partial charge in [-0.1, -0.05) is 13.8 Å². The third-order valence-corrected chi connectivity index (χ3v) is 6.70. The smallest absolute Gasteiger partial charge is 0.262 e. The molecule has 1 aromatic rings. The Morgan fingerprint density at radius 2 is 2.14 bits per heavy atom. The van der Waals surface area contributed by atoms with Gasteiger partial charge in [0.05, 0.1) is 11.7 Å². The molecule has 7 nitrogen and oxygen atoms in total. The van der Waals surface area contributed by atoms with E-state index in [1.165, 1.54) is 16.8 Å². The van der Waals surface area contributed by atoms with Crippen molar-refractivity contribution in [3.63, 3.8) is 0 Å². The van der Waals surface area contributed by atoms with Crippen LogP contribution < -0.4 is 5.73 Å². The predicted octanol–water partition coefficient (Wildman–Crippen LogP) is -0.0578. The molecule has 1 saturated heterocycles. The SMILES string of the molecule is Cn1cnc(S(=O)(=O)N2C[C@@H]3C(C)(C)C[C@]3(C(N)=O)C2)c1. The molecule has 0 bridgehead atoms. The van der Waals surface area contributed by atoms with E-state index < -0.39 is 21.3 Å². The zero-order chi connectivity index (χ0) is 15.6. The van der Waals surface area contributed by atoms with Gasteiger partial charge in [-0.25, -0.2) is 13.4 Å². The minimum Gasteiger partial charge on any atom is -0.369 e. The molecule has 2 aliphatic rings. The van der Waals surface area contributed by atoms with E-state index in [1.807, 2.05) is 0 Å². The maximum absolute atomic E-state index is 12.6. The molecular weight excluding hydrogens is 292 g/mol. The molecule has 2 N–H and O–H groups in total. The highest BCUT2D eigenvalue weighted by atomic mass is 32.2. The zero-order valence-corrected chi connectivity index (χ0v) is 13.2. The van der Waals surface area contributed by atoms with Crippen LogP contribution in [-0.4, -0.2) is 41.3 Å². The van der Waals surface area contributed by atoms with Crippen molar-refractivity contribution in [2.75, 3.05) is 13.1 Å². The number of nitrogens with zero attached hydrogens (tertiary/aromatic N) is 3. The average molecular weight is 312 g/mol. The van der Waals surface area contributed by atoms with Crippen molar-refractivity contribution in [1.82, 2.24) is 13.9 Å². The summed E-state index contributed by atoms with van der Waals surface area (Å²) >= 11 is 0. The maximum atomic E-state index is 12.6. The molecule has 0 radical (unpaired) electrons. The first-order valence-electron chi connectivity index (χ1n) is 6.88. The van der Waals surface area contributed by atoms with Crippen molar-refractivity contribution < 1.29 is 13.2 Å². The fourth-order valence-corrected chi connectivity index (χ4v) is 5.51. The number of aryl methyl sites for hydroxylation is 1. The summed E-state index contributed by atoms with van der Waals surface area (Å²) in [5.41, 5.74) is 4.78. The Morgan fingerprint density at radius 1 is 1.48 bits per heavy atom. The van der Waals surface area contributed by atoms with Crippen molar-refractivity contribution in [1.29, 1.82) is 0 Å². The van der Waals surface area contributed by atoms with E-state index in [0.29, 0.717) is 13.0 Å². The van der Waals surface area contributed by atoms with Gasteiger partial charge < -0.3 is 10.3 Å². The molecule has 1 saturated carbocycles. The number of fused-ring (bicyclic) bond motifs is 1. The number of hydrogen-bond donors (Lipinski definition) is 1. The van der Waals surface area contributed by atoms with Crippen LogP contribution in [0.2, 0.25) is 0 Å². The van der Waals surface area contributed by atoms with Gasteiger partial charge in [-0.15, -0.1) is 0 Å². The lowest BCUT2D eigenvalue weighted by atomic mass is 9.48. The largest absolute Gasteiger partial charge is 0.369 e. The highest BCUT2D eigenvalue weighted by molar-refractivity contribution is 7.89. The minimum absolute atomic E-state index is 0.0173. The van der Waals surface area contributed by atoms with Crippen LogP contribution >= 0.6 is 0 Å². The molecular formula is C13H20N4O3S. The van der Waals surface area contributed by atoms with Crippen LogP contribution in [0.3, 0.4) is 0 Å². The molecule has 1 aromatic heterocycles. The van der Waals surface area contributed by atoms with Crippen LogP contribution in [0.25, 0.3) is 0 Å². The van der Waals surface area contributed by atoms with Gasteiger partial charge in [0, 0.05) is 26.3 Å². The molecule has 2 fully saturated rings. The molecule has 21 heavy (non-hydrogen) atoms. The Bertz CT molecular complexity index is 709. The quantitative estimate of drug-likeness (QED) is 0.845. The first kappa shape index (κ1) is 14.5. The van der Waals surface area contributed by atoms with Crippen LogP contribution in [0.4, 0.5) is 0 Å². The Morgan fingerprint density at radius 3 is 2.57 bits per heavy atom. The van der Waals surface area contributed by atoms with Crippen molar-refractivity contribution in [3.8, 4) is 0 Å². The molecule has 116 valence electrons. The highest BCUT2D eigenvalue weighted by Crippen LogP contribution is 2.63. The number of imidazole rings is 1. The second kappa shape index (κ2) is 4.07. The zero-order valence-electron chi connectivity index (χ0n) is 12.4. The molecule has 0 aromatic carbocycles. The molecule has 0 spiro atoms. The molecule has 2 heterocycles. The molecule has 1 aliphatic carbocycles. The van der Waals surface area contributed by atoms with Gasteiger partial charge in [-0.05, 0) is 17.8 Å². The van der Waals surface area contributed by atoms with E-state index >= 15 is 0 Å². The number of primary amides is 1. The number of nitrogens with two attached hydrogens (primary N) is 1. The lowest BCUT2D eigenvalue weighted by Crippen LogP contribution is -2.59. The average Bonchev–Trinajstić information content (AvgIpc) is 2.92. The molecule has 1 amide bonds. The van der Waals surface area contributed by atoms with Crippen LogP contribution in [-0.2, 0) is 21.9 Å². The predicted molar refractivity (Wildman–Crippen MR) is 75.5 cm³/mol. The Balaban J connectivity index is 1.95. The fraction of sp³-hybridized carbons (Fsp3) is 0.692. The van der Waals surface area contributed by atoms with Gasteiger partial charge in [-0.3, -0.25) is 4.79 Å². The third-order valence-electron chi connectivity index (χ3n) is 5.00. The number of amides is 1. The first-order chi connectivity index (χ1) is 9.59. The Labute approximate surface area is 124 Å². The van der Waals surface area contributed by atoms with E-state index in [9.17, 15) is 13.2 Å². The van der Waals surface area contributed by atoms with Crippen LogP contribution in [0.5, 0.6) is 0 Å². The van der Waals surface area contributed by atoms with Crippen molar-refractivity contribution in [3.05, 3.63) is 12.5 Å². The molecule has 8 heteroatoms. The van der Waals surface area contributed by atoms with Gasteiger partial charge in [0.2, 0.25) is 5.91 Å². The summed E-state index contributed by atoms with van der Waals surface area (Å²) in [6, 6.07) is 0. The van der Waals surface area contributed by atoms with Crippen LogP contribution in [0.1, 0.15) is 20.3 Å². The molecule has 3 rings (SSSR count). The molecule has 0 unspecified atom stereocenters. The topological polar surface area (TPSA) is 98.3 Å². The summed E-state index contributed by atoms with van der Waals surface area (Å²) in [6.45, 7) is 4.59. The fourth-order valence-electron chi connectivity index (χ4n) is 4.02. The Kier molecular flexibility index (Phi) is 2.82. The van der Waals surface area contributed by atoms with Gasteiger partial charge in [0.25, 0.3) is 10.0 Å². The lowest BCUT2D eigenvalue weighted by molar-refractivity contribution is -0.148. The van der Waals surface area contributed by atoms with Crippen molar-refractivity contribution >= 4 is 15.9 Å². The van der Waals surface area contributed by atoms with E-state index in [2.05, 4.69) is 18.8 Å². The summed E-state index contributed by atoms with van der Waals surface area (Å²) in [7, 11) is -1.96. The standard InChI is InChI=1S/C13H20N4O3S/c1-12(2)6-13(11(14)18)7-17(4-9(12)13)21(19,20)10-5-16(3)8-15-10/h5,8-9H,4,6-7H2,1-3H3,(H2,14,18)/t9-,13+/m1/s1. The monoisotopic (exact) mass is 312 g/mol. The van der Waals surface area contributed by atoms with Crippen LogP contribution in [0.15, 0.2) is 17.6 Å². The molecule has 1 aliphatic heterocycles. The van der Waals surface area contributed by atoms with Crippen molar-refractivity contribution in [2.45, 2.75) is 25.3 Å². The number of rotatable bonds is 3. The minimum atomic E-state index is -3.67. The van der Waals surface area contributed by atoms with Gasteiger partial charge in [0.15, 0.2) is 5.03 Å². The van der Waals surface area contributed by atoms with Crippen LogP contribution in [0, 0.1) is 16.7 Å². The summed E-state index contributed by atoms with van der Waals surface area (Å²) in [4.78, 5) is 15.8. The number of hydrogen-bond acceptors (Lipinski definition) is 4. The van der Waals surface area contributed by atoms with E-state index in [0.717, 1.165) is 0 Å². The summed E-state index contributed by atoms with van der Waals surface area (Å²) in [5.74, 6) is -0.425. The van der Waals surface area contributed by atoms with E-state index in [1.54, 1.807) is 11.6 Å². The van der Waals surface area contributed by atoms with Gasteiger partial charge >= 0.3 is 0 Å². The summed E-state index contributed by atoms with van der Waals surface area (Å²) < 4.78 is 28.2. The second-order valence-electron chi connectivity index (χ2n) is 6.91. The highest BCUT2D eigenvalue weighted by Gasteiger charge is 2.67. The van der Waals surface area contributed by atoms with E-state index in [4.69, 9.17) is 5.73 Å². The lowest BCUT2D eigenvalue weighted by Gasteiger charge is -2.54. The van der Waals surface area contributed by atoms with Crippen molar-refractivity contribution in [2.24, 2.45) is 29.5 Å². The second-order valence-corrected chi connectivity index (χ2v) is 8.80. The number of carbonyl (C=O) groups excluding carboxylic acids is 1. The number of sulfonamides is 1. The third kappa shape index (κ3) is 1.85.